The highest BCUT2D eigenvalue weighted by atomic mass is 19.4. The van der Waals surface area contributed by atoms with E-state index in [2.05, 4.69) is 19.9 Å². The van der Waals surface area contributed by atoms with Crippen LogP contribution in [0.15, 0.2) is 43.0 Å². The minimum atomic E-state index is -4.48. The highest BCUT2D eigenvalue weighted by molar-refractivity contribution is 5.92. The van der Waals surface area contributed by atoms with E-state index in [4.69, 9.17) is 0 Å². The minimum Gasteiger partial charge on any atom is -0.346 e. The fourth-order valence-corrected chi connectivity index (χ4v) is 3.49. The summed E-state index contributed by atoms with van der Waals surface area (Å²) in [6.45, 7) is 2.17. The molecule has 4 rings (SSSR count). The van der Waals surface area contributed by atoms with E-state index >= 15 is 0 Å². The molecule has 4 heterocycles. The Balaban J connectivity index is 1.76. The quantitative estimate of drug-likeness (QED) is 0.517. The molecule has 0 aliphatic carbocycles. The SMILES string of the molecule is CC(C)[C@H](C(=O)NCC(F)(F)F)n1ccc2cnc(-c3ccnc4[nH]ccc34)nc21. The van der Waals surface area contributed by atoms with Gasteiger partial charge in [-0.25, -0.2) is 15.0 Å². The number of halogens is 3. The van der Waals surface area contributed by atoms with Gasteiger partial charge in [-0.05, 0) is 24.1 Å². The zero-order valence-corrected chi connectivity index (χ0v) is 16.2. The van der Waals surface area contributed by atoms with Crippen LogP contribution in [0.4, 0.5) is 13.2 Å². The van der Waals surface area contributed by atoms with Crippen LogP contribution in [0, 0.1) is 5.92 Å². The second-order valence-electron chi connectivity index (χ2n) is 7.32. The fraction of sp³-hybridized carbons (Fsp3) is 0.300. The number of rotatable bonds is 5. The summed E-state index contributed by atoms with van der Waals surface area (Å²) in [6.07, 6.45) is 2.22. The van der Waals surface area contributed by atoms with E-state index in [1.54, 1.807) is 55.3 Å². The maximum atomic E-state index is 12.6. The van der Waals surface area contributed by atoms with Crippen LogP contribution < -0.4 is 5.32 Å². The summed E-state index contributed by atoms with van der Waals surface area (Å²) in [5, 5.41) is 3.52. The van der Waals surface area contributed by atoms with Crippen molar-refractivity contribution in [2.75, 3.05) is 6.54 Å². The van der Waals surface area contributed by atoms with Crippen LogP contribution >= 0.6 is 0 Å². The molecule has 4 aromatic rings. The number of pyridine rings is 1. The predicted octanol–water partition coefficient (Wildman–Crippen LogP) is 3.85. The summed E-state index contributed by atoms with van der Waals surface area (Å²) in [5.41, 5.74) is 1.93. The summed E-state index contributed by atoms with van der Waals surface area (Å²) in [4.78, 5) is 28.9. The van der Waals surface area contributed by atoms with Gasteiger partial charge in [0.2, 0.25) is 5.91 Å². The molecule has 0 spiro atoms. The van der Waals surface area contributed by atoms with Crippen molar-refractivity contribution in [2.24, 2.45) is 5.92 Å². The standard InChI is InChI=1S/C20H19F3N6O/c1-11(2)15(19(30)27-10-20(21,22)23)29-8-5-12-9-26-17(28-18(12)29)14-4-7-25-16-13(14)3-6-24-16/h3-9,11,15H,10H2,1-2H3,(H,24,25)(H,27,30)/t15-/m1/s1. The number of alkyl halides is 3. The lowest BCUT2D eigenvalue weighted by molar-refractivity contribution is -0.141. The van der Waals surface area contributed by atoms with Gasteiger partial charge in [0.05, 0.1) is 0 Å². The van der Waals surface area contributed by atoms with Crippen LogP contribution in [0.1, 0.15) is 19.9 Å². The average molecular weight is 416 g/mol. The number of aromatic amines is 1. The van der Waals surface area contributed by atoms with Gasteiger partial charge < -0.3 is 14.9 Å². The van der Waals surface area contributed by atoms with Crippen molar-refractivity contribution >= 4 is 28.0 Å². The van der Waals surface area contributed by atoms with E-state index in [-0.39, 0.29) is 5.92 Å². The van der Waals surface area contributed by atoms with Gasteiger partial charge in [0.15, 0.2) is 5.82 Å². The number of amides is 1. The molecular weight excluding hydrogens is 397 g/mol. The van der Waals surface area contributed by atoms with Crippen LogP contribution in [0.3, 0.4) is 0 Å². The van der Waals surface area contributed by atoms with Gasteiger partial charge in [0.1, 0.15) is 23.9 Å². The third-order valence-electron chi connectivity index (χ3n) is 4.82. The molecule has 10 heteroatoms. The van der Waals surface area contributed by atoms with Gasteiger partial charge in [-0.2, -0.15) is 13.2 Å². The molecule has 0 saturated heterocycles. The zero-order valence-electron chi connectivity index (χ0n) is 16.2. The normalized spacial score (nSPS) is 13.3. The summed E-state index contributed by atoms with van der Waals surface area (Å²) in [6, 6.07) is 4.55. The number of carbonyl (C=O) groups excluding carboxylic acids is 1. The molecule has 0 aliphatic heterocycles. The van der Waals surface area contributed by atoms with Crippen LogP contribution in [0.25, 0.3) is 33.5 Å². The summed E-state index contributed by atoms with van der Waals surface area (Å²) < 4.78 is 39.3. The maximum Gasteiger partial charge on any atom is 0.405 e. The lowest BCUT2D eigenvalue weighted by Gasteiger charge is -2.23. The second kappa shape index (κ2) is 7.43. The Hall–Kier alpha value is -3.43. The third kappa shape index (κ3) is 3.72. The Bertz CT molecular complexity index is 1210. The molecular formula is C20H19F3N6O. The average Bonchev–Trinajstić information content (AvgIpc) is 3.32. The number of hydrogen-bond donors (Lipinski definition) is 2. The summed E-state index contributed by atoms with van der Waals surface area (Å²) >= 11 is 0. The number of H-pyrrole nitrogens is 1. The minimum absolute atomic E-state index is 0.260. The smallest absolute Gasteiger partial charge is 0.346 e. The van der Waals surface area contributed by atoms with E-state index in [0.717, 1.165) is 10.9 Å². The van der Waals surface area contributed by atoms with Crippen molar-refractivity contribution in [1.29, 1.82) is 0 Å². The van der Waals surface area contributed by atoms with E-state index < -0.39 is 24.7 Å². The lowest BCUT2D eigenvalue weighted by atomic mass is 10.0. The first-order chi connectivity index (χ1) is 14.2. The van der Waals surface area contributed by atoms with E-state index in [1.165, 1.54) is 0 Å². The molecule has 0 saturated carbocycles. The number of hydrogen-bond acceptors (Lipinski definition) is 4. The number of nitrogens with one attached hydrogen (secondary N) is 2. The number of fused-ring (bicyclic) bond motifs is 2. The van der Waals surface area contributed by atoms with E-state index in [0.29, 0.717) is 22.5 Å². The molecule has 7 nitrogen and oxygen atoms in total. The first-order valence-electron chi connectivity index (χ1n) is 9.35. The molecule has 30 heavy (non-hydrogen) atoms. The largest absolute Gasteiger partial charge is 0.405 e. The van der Waals surface area contributed by atoms with Crippen molar-refractivity contribution in [3.63, 3.8) is 0 Å². The Kier molecular flexibility index (Phi) is 4.92. The van der Waals surface area contributed by atoms with Gasteiger partial charge in [-0.15, -0.1) is 0 Å². The maximum absolute atomic E-state index is 12.6. The van der Waals surface area contributed by atoms with Gasteiger partial charge in [-0.1, -0.05) is 13.8 Å². The molecule has 1 atom stereocenters. The molecule has 0 radical (unpaired) electrons. The summed E-state index contributed by atoms with van der Waals surface area (Å²) in [7, 11) is 0. The number of carbonyl (C=O) groups is 1. The highest BCUT2D eigenvalue weighted by Crippen LogP contribution is 2.28. The van der Waals surface area contributed by atoms with Gasteiger partial charge in [0, 0.05) is 41.1 Å². The first kappa shape index (κ1) is 19.9. The number of nitrogens with zero attached hydrogens (tertiary/aromatic N) is 4. The van der Waals surface area contributed by atoms with Gasteiger partial charge in [0.25, 0.3) is 0 Å². The second-order valence-corrected chi connectivity index (χ2v) is 7.32. The molecule has 2 N–H and O–H groups in total. The van der Waals surface area contributed by atoms with Crippen molar-refractivity contribution in [3.8, 4) is 11.4 Å². The van der Waals surface area contributed by atoms with Crippen LogP contribution in [-0.2, 0) is 4.79 Å². The molecule has 0 unspecified atom stereocenters. The number of aromatic nitrogens is 5. The Morgan fingerprint density at radius 1 is 1.23 bits per heavy atom. The molecule has 0 fully saturated rings. The first-order valence-corrected chi connectivity index (χ1v) is 9.35. The molecule has 0 bridgehead atoms. The highest BCUT2D eigenvalue weighted by Gasteiger charge is 2.32. The monoisotopic (exact) mass is 416 g/mol. The van der Waals surface area contributed by atoms with Crippen LogP contribution in [0.2, 0.25) is 0 Å². The molecule has 0 aliphatic rings. The molecule has 4 aromatic heterocycles. The van der Waals surface area contributed by atoms with Gasteiger partial charge in [-0.3, -0.25) is 4.79 Å². The van der Waals surface area contributed by atoms with Crippen molar-refractivity contribution in [1.82, 2.24) is 29.8 Å². The van der Waals surface area contributed by atoms with Crippen molar-refractivity contribution in [3.05, 3.63) is 43.0 Å². The van der Waals surface area contributed by atoms with Crippen LogP contribution in [-0.4, -0.2) is 43.1 Å². The Morgan fingerprint density at radius 2 is 2.03 bits per heavy atom. The summed E-state index contributed by atoms with van der Waals surface area (Å²) in [5.74, 6) is -0.533. The van der Waals surface area contributed by atoms with Crippen molar-refractivity contribution < 1.29 is 18.0 Å². The van der Waals surface area contributed by atoms with Crippen LogP contribution in [0.5, 0.6) is 0 Å². The fourth-order valence-electron chi connectivity index (χ4n) is 3.49. The van der Waals surface area contributed by atoms with Crippen molar-refractivity contribution in [2.45, 2.75) is 26.1 Å². The molecule has 1 amide bonds. The molecule has 0 aromatic carbocycles. The third-order valence-corrected chi connectivity index (χ3v) is 4.82. The Morgan fingerprint density at radius 3 is 2.77 bits per heavy atom. The van der Waals surface area contributed by atoms with Gasteiger partial charge >= 0.3 is 6.18 Å². The topological polar surface area (TPSA) is 88.5 Å². The molecule has 156 valence electrons. The predicted molar refractivity (Wildman–Crippen MR) is 106 cm³/mol. The van der Waals surface area contributed by atoms with E-state index in [9.17, 15) is 18.0 Å². The van der Waals surface area contributed by atoms with E-state index in [1.807, 2.05) is 11.4 Å². The lowest BCUT2D eigenvalue weighted by Crippen LogP contribution is -2.40. The zero-order chi connectivity index (χ0) is 21.5. The Labute approximate surface area is 169 Å².